The third-order valence-corrected chi connectivity index (χ3v) is 5.21. The van der Waals surface area contributed by atoms with Crippen molar-refractivity contribution in [1.29, 1.82) is 0 Å². The number of pyridine rings is 1. The van der Waals surface area contributed by atoms with Gasteiger partial charge in [-0.25, -0.2) is 4.98 Å². The van der Waals surface area contributed by atoms with Crippen molar-refractivity contribution < 1.29 is 18.9 Å². The van der Waals surface area contributed by atoms with Gasteiger partial charge in [-0.1, -0.05) is 31.2 Å². The van der Waals surface area contributed by atoms with Crippen molar-refractivity contribution in [2.45, 2.75) is 13.3 Å². The zero-order valence-electron chi connectivity index (χ0n) is 17.6. The van der Waals surface area contributed by atoms with Gasteiger partial charge in [-0.3, -0.25) is 4.90 Å². The van der Waals surface area contributed by atoms with Crippen LogP contribution in [0.1, 0.15) is 13.3 Å². The van der Waals surface area contributed by atoms with Crippen molar-refractivity contribution in [3.8, 4) is 11.5 Å². The lowest BCUT2D eigenvalue weighted by Gasteiger charge is -2.21. The first-order valence-corrected chi connectivity index (χ1v) is 10.8. The molecule has 0 fully saturated rings. The zero-order valence-corrected chi connectivity index (χ0v) is 17.6. The zero-order chi connectivity index (χ0) is 20.6. The third-order valence-electron chi connectivity index (χ3n) is 5.21. The first kappa shape index (κ1) is 20.8. The molecule has 6 nitrogen and oxygen atoms in total. The van der Waals surface area contributed by atoms with Crippen LogP contribution in [0.15, 0.2) is 42.5 Å². The fourth-order valence-corrected chi connectivity index (χ4v) is 3.73. The second-order valence-electron chi connectivity index (χ2n) is 7.41. The van der Waals surface area contributed by atoms with E-state index in [1.165, 1.54) is 0 Å². The molecule has 0 amide bonds. The molecule has 2 heterocycles. The molecule has 30 heavy (non-hydrogen) atoms. The molecule has 1 aliphatic rings. The average Bonchev–Trinajstić information content (AvgIpc) is 2.76. The van der Waals surface area contributed by atoms with Crippen LogP contribution in [0.2, 0.25) is 0 Å². The monoisotopic (exact) mass is 410 g/mol. The summed E-state index contributed by atoms with van der Waals surface area (Å²) in [6.45, 7) is 8.50. The van der Waals surface area contributed by atoms with Crippen LogP contribution < -0.4 is 9.47 Å². The average molecular weight is 411 g/mol. The summed E-state index contributed by atoms with van der Waals surface area (Å²) in [7, 11) is 0. The first-order chi connectivity index (χ1) is 14.8. The van der Waals surface area contributed by atoms with Crippen LogP contribution in [0.5, 0.6) is 11.5 Å². The van der Waals surface area contributed by atoms with Gasteiger partial charge in [-0.05, 0) is 31.2 Å². The molecule has 0 radical (unpaired) electrons. The van der Waals surface area contributed by atoms with Crippen LogP contribution in [0, 0.1) is 0 Å². The van der Waals surface area contributed by atoms with E-state index in [9.17, 15) is 0 Å². The molecular weight excluding hydrogens is 380 g/mol. The van der Waals surface area contributed by atoms with E-state index in [1.807, 2.05) is 24.3 Å². The summed E-state index contributed by atoms with van der Waals surface area (Å²) in [5.41, 5.74) is 1.68. The van der Waals surface area contributed by atoms with Gasteiger partial charge in [0.1, 0.15) is 35.7 Å². The second-order valence-corrected chi connectivity index (χ2v) is 7.41. The summed E-state index contributed by atoms with van der Waals surface area (Å²) < 4.78 is 23.6. The van der Waals surface area contributed by atoms with Gasteiger partial charge in [0.2, 0.25) is 0 Å². The lowest BCUT2D eigenvalue weighted by molar-refractivity contribution is 0.0558. The lowest BCUT2D eigenvalue weighted by Crippen LogP contribution is -2.32. The summed E-state index contributed by atoms with van der Waals surface area (Å²) in [6, 6.07) is 14.2. The van der Waals surface area contributed by atoms with Crippen molar-refractivity contribution in [3.63, 3.8) is 0 Å². The highest BCUT2D eigenvalue weighted by Gasteiger charge is 2.10. The number of ether oxygens (including phenoxy) is 4. The van der Waals surface area contributed by atoms with Crippen molar-refractivity contribution in [3.05, 3.63) is 42.5 Å². The second kappa shape index (κ2) is 10.6. The molecule has 1 aliphatic heterocycles. The summed E-state index contributed by atoms with van der Waals surface area (Å²) in [5.74, 6) is 1.54. The largest absolute Gasteiger partial charge is 0.489 e. The molecule has 0 atom stereocenters. The Kier molecular flexibility index (Phi) is 7.34. The van der Waals surface area contributed by atoms with Crippen LogP contribution in [0.4, 0.5) is 0 Å². The highest BCUT2D eigenvalue weighted by molar-refractivity contribution is 5.97. The van der Waals surface area contributed by atoms with Crippen molar-refractivity contribution >= 4 is 21.8 Å². The molecule has 0 unspecified atom stereocenters. The van der Waals surface area contributed by atoms with E-state index in [4.69, 9.17) is 23.9 Å². The lowest BCUT2D eigenvalue weighted by atomic mass is 10.1. The van der Waals surface area contributed by atoms with Gasteiger partial charge in [0.15, 0.2) is 0 Å². The quantitative estimate of drug-likeness (QED) is 0.597. The number of rotatable bonds is 2. The molecule has 0 saturated carbocycles. The number of hydrogen-bond donors (Lipinski definition) is 0. The smallest absolute Gasteiger partial charge is 0.145 e. The fourth-order valence-electron chi connectivity index (χ4n) is 3.73. The minimum absolute atomic E-state index is 0.494. The molecule has 1 aromatic heterocycles. The molecule has 0 aliphatic carbocycles. The van der Waals surface area contributed by atoms with E-state index >= 15 is 0 Å². The van der Waals surface area contributed by atoms with Gasteiger partial charge in [-0.15, -0.1) is 0 Å². The van der Waals surface area contributed by atoms with Gasteiger partial charge in [-0.2, -0.15) is 0 Å². The summed E-state index contributed by atoms with van der Waals surface area (Å²) in [4.78, 5) is 7.27. The molecule has 0 N–H and O–H groups in total. The standard InChI is InChI=1S/C24H30N2O4/c1-2-9-26-10-12-27-14-16-29-21-7-3-5-19-18-20-6-4-8-22(24(20)25-23(19)21)30-17-15-28-13-11-26/h3-8,18H,2,9-17H2,1H3. The Morgan fingerprint density at radius 2 is 1.33 bits per heavy atom. The summed E-state index contributed by atoms with van der Waals surface area (Å²) >= 11 is 0. The number of para-hydroxylation sites is 2. The predicted molar refractivity (Wildman–Crippen MR) is 119 cm³/mol. The van der Waals surface area contributed by atoms with Gasteiger partial charge in [0.25, 0.3) is 0 Å². The molecular formula is C24H30N2O4. The maximum Gasteiger partial charge on any atom is 0.145 e. The SMILES string of the molecule is CCCN1CCOCCOc2cccc3cc4cccc(c4nc23)OCCOCC1. The van der Waals surface area contributed by atoms with E-state index in [0.717, 1.165) is 59.4 Å². The minimum atomic E-state index is 0.494. The van der Waals surface area contributed by atoms with Crippen LogP contribution in [-0.4, -0.2) is 69.2 Å². The normalized spacial score (nSPS) is 17.5. The molecule has 2 bridgehead atoms. The third kappa shape index (κ3) is 5.19. The molecule has 0 saturated heterocycles. The summed E-state index contributed by atoms with van der Waals surface area (Å²) in [5, 5.41) is 2.09. The van der Waals surface area contributed by atoms with E-state index in [-0.39, 0.29) is 0 Å². The van der Waals surface area contributed by atoms with E-state index in [1.54, 1.807) is 0 Å². The first-order valence-electron chi connectivity index (χ1n) is 10.8. The highest BCUT2D eigenvalue weighted by Crippen LogP contribution is 2.31. The summed E-state index contributed by atoms with van der Waals surface area (Å²) in [6.07, 6.45) is 1.12. The topological polar surface area (TPSA) is 53.1 Å². The number of hydrogen-bond acceptors (Lipinski definition) is 6. The van der Waals surface area contributed by atoms with E-state index in [0.29, 0.717) is 39.6 Å². The predicted octanol–water partition coefficient (Wildman–Crippen LogP) is 3.90. The Labute approximate surface area is 177 Å². The highest BCUT2D eigenvalue weighted by atomic mass is 16.5. The minimum Gasteiger partial charge on any atom is -0.489 e. The molecule has 3 aromatic rings. The van der Waals surface area contributed by atoms with Gasteiger partial charge < -0.3 is 18.9 Å². The Bertz CT molecular complexity index is 891. The maximum atomic E-state index is 6.02. The Morgan fingerprint density at radius 3 is 1.87 bits per heavy atom. The molecule has 160 valence electrons. The van der Waals surface area contributed by atoms with Crippen LogP contribution in [0.3, 0.4) is 0 Å². The Morgan fingerprint density at radius 1 is 0.767 bits per heavy atom. The molecule has 4 rings (SSSR count). The van der Waals surface area contributed by atoms with Crippen molar-refractivity contribution in [2.75, 3.05) is 59.3 Å². The number of nitrogens with zero attached hydrogens (tertiary/aromatic N) is 2. The van der Waals surface area contributed by atoms with Crippen LogP contribution in [0.25, 0.3) is 21.8 Å². The molecule has 0 spiro atoms. The van der Waals surface area contributed by atoms with Crippen LogP contribution in [-0.2, 0) is 9.47 Å². The number of aromatic nitrogens is 1. The van der Waals surface area contributed by atoms with Gasteiger partial charge in [0, 0.05) is 23.9 Å². The van der Waals surface area contributed by atoms with Crippen molar-refractivity contribution in [1.82, 2.24) is 9.88 Å². The fraction of sp³-hybridized carbons (Fsp3) is 0.458. The Balaban J connectivity index is 1.57. The maximum absolute atomic E-state index is 6.02. The van der Waals surface area contributed by atoms with E-state index in [2.05, 4.69) is 30.0 Å². The van der Waals surface area contributed by atoms with Crippen molar-refractivity contribution in [2.24, 2.45) is 0 Å². The number of benzene rings is 2. The Hall–Kier alpha value is -2.41. The molecule has 2 aromatic carbocycles. The van der Waals surface area contributed by atoms with E-state index < -0.39 is 0 Å². The van der Waals surface area contributed by atoms with Gasteiger partial charge in [0.05, 0.1) is 26.4 Å². The molecule has 6 heteroatoms. The van der Waals surface area contributed by atoms with Crippen LogP contribution >= 0.6 is 0 Å². The van der Waals surface area contributed by atoms with Gasteiger partial charge >= 0.3 is 0 Å².